The topological polar surface area (TPSA) is 38.7 Å². The van der Waals surface area contributed by atoms with Gasteiger partial charge in [0.2, 0.25) is 0 Å². The number of para-hydroxylation sites is 1. The van der Waals surface area contributed by atoms with E-state index < -0.39 is 5.41 Å². The molecule has 3 nitrogen and oxygen atoms in total. The van der Waals surface area contributed by atoms with E-state index in [-0.39, 0.29) is 0 Å². The van der Waals surface area contributed by atoms with Gasteiger partial charge in [0, 0.05) is 33.0 Å². The Hall–Kier alpha value is -8.27. The van der Waals surface area contributed by atoms with Crippen LogP contribution in [0.1, 0.15) is 22.3 Å². The predicted octanol–water partition coefficient (Wildman–Crippen LogP) is 14.9. The molecular weight excluding hydrogens is 763 g/mol. The van der Waals surface area contributed by atoms with Gasteiger partial charge in [0.15, 0.2) is 5.82 Å². The minimum Gasteiger partial charge on any atom is -0.247 e. The van der Waals surface area contributed by atoms with Crippen molar-refractivity contribution in [3.05, 3.63) is 259 Å². The van der Waals surface area contributed by atoms with Crippen molar-refractivity contribution >= 4 is 21.7 Å². The molecule has 9 aromatic carbocycles. The van der Waals surface area contributed by atoms with E-state index >= 15 is 0 Å². The average molecular weight is 802 g/mol. The first kappa shape index (κ1) is 36.6. The van der Waals surface area contributed by atoms with Crippen LogP contribution in [-0.4, -0.2) is 15.0 Å². The van der Waals surface area contributed by atoms with Crippen molar-refractivity contribution in [2.24, 2.45) is 0 Å². The maximum Gasteiger partial charge on any atom is 0.160 e. The Balaban J connectivity index is 1.02. The summed E-state index contributed by atoms with van der Waals surface area (Å²) >= 11 is 0. The van der Waals surface area contributed by atoms with E-state index in [4.69, 9.17) is 15.0 Å². The minimum absolute atomic E-state index is 0.494. The number of hydrogen-bond acceptors (Lipinski definition) is 3. The SMILES string of the molecule is c1ccc(-c2ccc(-c3cc(-c4ccccc4)nc(-c4ccc(-c5nc6ccccc6c6cc7c(cc56)-c5ccccc5C7(c5ccccc5)c5ccccc5)cc4)n3)cc2)cc1. The largest absolute Gasteiger partial charge is 0.247 e. The van der Waals surface area contributed by atoms with Crippen LogP contribution in [0.4, 0.5) is 0 Å². The summed E-state index contributed by atoms with van der Waals surface area (Å²) in [5.41, 5.74) is 17.2. The third kappa shape index (κ3) is 6.08. The van der Waals surface area contributed by atoms with Gasteiger partial charge in [0.05, 0.1) is 28.0 Å². The Bertz CT molecular complexity index is 3420. The molecule has 0 radical (unpaired) electrons. The smallest absolute Gasteiger partial charge is 0.160 e. The lowest BCUT2D eigenvalue weighted by molar-refractivity contribution is 0.769. The van der Waals surface area contributed by atoms with Gasteiger partial charge in [0.25, 0.3) is 0 Å². The third-order valence-corrected chi connectivity index (χ3v) is 12.8. The minimum atomic E-state index is -0.494. The van der Waals surface area contributed by atoms with Crippen molar-refractivity contribution in [1.29, 1.82) is 0 Å². The molecule has 294 valence electrons. The highest BCUT2D eigenvalue weighted by atomic mass is 14.9. The Labute approximate surface area is 366 Å². The van der Waals surface area contributed by atoms with Crippen molar-refractivity contribution < 1.29 is 0 Å². The molecule has 11 aromatic rings. The second kappa shape index (κ2) is 15.0. The molecule has 0 aliphatic heterocycles. The molecule has 2 aromatic heterocycles. The highest BCUT2D eigenvalue weighted by Crippen LogP contribution is 2.57. The van der Waals surface area contributed by atoms with E-state index in [1.165, 1.54) is 49.9 Å². The predicted molar refractivity (Wildman–Crippen MR) is 259 cm³/mol. The zero-order valence-electron chi connectivity index (χ0n) is 34.4. The molecule has 0 atom stereocenters. The maximum absolute atomic E-state index is 5.42. The monoisotopic (exact) mass is 801 g/mol. The molecule has 0 amide bonds. The molecule has 2 heterocycles. The van der Waals surface area contributed by atoms with Crippen molar-refractivity contribution in [2.45, 2.75) is 5.41 Å². The second-order valence-electron chi connectivity index (χ2n) is 16.3. The quantitative estimate of drug-likeness (QED) is 0.151. The zero-order valence-corrected chi connectivity index (χ0v) is 34.4. The molecule has 3 heteroatoms. The first-order valence-electron chi connectivity index (χ1n) is 21.5. The fourth-order valence-electron chi connectivity index (χ4n) is 9.83. The molecule has 0 unspecified atom stereocenters. The number of rotatable bonds is 7. The van der Waals surface area contributed by atoms with E-state index in [1.807, 2.05) is 12.1 Å². The van der Waals surface area contributed by atoms with Gasteiger partial charge in [-0.25, -0.2) is 15.0 Å². The van der Waals surface area contributed by atoms with Gasteiger partial charge < -0.3 is 0 Å². The van der Waals surface area contributed by atoms with Crippen LogP contribution in [0.25, 0.3) is 89.1 Å². The fourth-order valence-corrected chi connectivity index (χ4v) is 9.83. The molecule has 1 aliphatic rings. The number of hydrogen-bond donors (Lipinski definition) is 0. The maximum atomic E-state index is 5.42. The first-order valence-corrected chi connectivity index (χ1v) is 21.5. The summed E-state index contributed by atoms with van der Waals surface area (Å²) < 4.78 is 0. The molecule has 12 rings (SSSR count). The lowest BCUT2D eigenvalue weighted by Gasteiger charge is -2.34. The van der Waals surface area contributed by atoms with Crippen LogP contribution in [0, 0.1) is 0 Å². The van der Waals surface area contributed by atoms with Gasteiger partial charge >= 0.3 is 0 Å². The fraction of sp³-hybridized carbons (Fsp3) is 0.0167. The van der Waals surface area contributed by atoms with Gasteiger partial charge in [-0.15, -0.1) is 0 Å². The highest BCUT2D eigenvalue weighted by molar-refractivity contribution is 6.13. The standard InChI is InChI=1S/C60H39N3/c1-5-17-40(18-6-1)41-29-31-43(32-30-41)57-39-56(42-19-7-2-8-20-42)62-59(63-57)45-35-33-44(34-36-45)58-52-37-51-48-25-13-15-27-53(48)60(46-21-9-3-10-22-46,47-23-11-4-12-24-47)54(51)38-50(52)49-26-14-16-28-55(49)61-58/h1-39H. The van der Waals surface area contributed by atoms with Gasteiger partial charge in [-0.2, -0.15) is 0 Å². The van der Waals surface area contributed by atoms with Gasteiger partial charge in [0.1, 0.15) is 0 Å². The van der Waals surface area contributed by atoms with Crippen molar-refractivity contribution in [2.75, 3.05) is 0 Å². The third-order valence-electron chi connectivity index (χ3n) is 12.8. The summed E-state index contributed by atoms with van der Waals surface area (Å²) in [5, 5.41) is 3.44. The normalized spacial score (nSPS) is 12.6. The molecule has 0 fully saturated rings. The van der Waals surface area contributed by atoms with Crippen molar-refractivity contribution in [3.63, 3.8) is 0 Å². The van der Waals surface area contributed by atoms with Crippen LogP contribution in [-0.2, 0) is 5.41 Å². The summed E-state index contributed by atoms with van der Waals surface area (Å²) in [7, 11) is 0. The molecule has 0 N–H and O–H groups in total. The Morgan fingerprint density at radius 1 is 0.286 bits per heavy atom. The molecule has 0 saturated carbocycles. The van der Waals surface area contributed by atoms with Crippen LogP contribution < -0.4 is 0 Å². The van der Waals surface area contributed by atoms with Gasteiger partial charge in [-0.1, -0.05) is 212 Å². The number of aromatic nitrogens is 3. The molecule has 63 heavy (non-hydrogen) atoms. The van der Waals surface area contributed by atoms with E-state index in [1.54, 1.807) is 0 Å². The first-order chi connectivity index (χ1) is 31.2. The molecule has 1 aliphatic carbocycles. The molecule has 0 saturated heterocycles. The van der Waals surface area contributed by atoms with Crippen LogP contribution in [0.15, 0.2) is 237 Å². The Morgan fingerprint density at radius 3 is 1.44 bits per heavy atom. The summed E-state index contributed by atoms with van der Waals surface area (Å²) in [6.07, 6.45) is 0. The Kier molecular flexibility index (Phi) is 8.72. The van der Waals surface area contributed by atoms with Gasteiger partial charge in [-0.05, 0) is 74.2 Å². The highest BCUT2D eigenvalue weighted by Gasteiger charge is 2.46. The zero-order chi connectivity index (χ0) is 41.7. The van der Waals surface area contributed by atoms with E-state index in [2.05, 4.69) is 224 Å². The van der Waals surface area contributed by atoms with Crippen LogP contribution >= 0.6 is 0 Å². The summed E-state index contributed by atoms with van der Waals surface area (Å²) in [5.74, 6) is 0.675. The molecule has 0 spiro atoms. The van der Waals surface area contributed by atoms with Gasteiger partial charge in [-0.3, -0.25) is 0 Å². The van der Waals surface area contributed by atoms with E-state index in [9.17, 15) is 0 Å². The van der Waals surface area contributed by atoms with Crippen molar-refractivity contribution in [1.82, 2.24) is 15.0 Å². The number of pyridine rings is 1. The summed E-state index contributed by atoms with van der Waals surface area (Å²) in [4.78, 5) is 15.8. The number of nitrogens with zero attached hydrogens (tertiary/aromatic N) is 3. The second-order valence-corrected chi connectivity index (χ2v) is 16.3. The number of benzene rings is 9. The summed E-state index contributed by atoms with van der Waals surface area (Å²) in [6, 6.07) is 84.6. The van der Waals surface area contributed by atoms with Crippen LogP contribution in [0.5, 0.6) is 0 Å². The van der Waals surface area contributed by atoms with E-state index in [0.29, 0.717) is 5.82 Å². The Morgan fingerprint density at radius 2 is 0.778 bits per heavy atom. The average Bonchev–Trinajstić information content (AvgIpc) is 3.66. The lowest BCUT2D eigenvalue weighted by atomic mass is 9.67. The molecule has 0 bridgehead atoms. The van der Waals surface area contributed by atoms with E-state index in [0.717, 1.165) is 55.6 Å². The van der Waals surface area contributed by atoms with Crippen molar-refractivity contribution in [3.8, 4) is 67.4 Å². The molecular formula is C60H39N3. The summed E-state index contributed by atoms with van der Waals surface area (Å²) in [6.45, 7) is 0. The van der Waals surface area contributed by atoms with Crippen LogP contribution in [0.3, 0.4) is 0 Å². The van der Waals surface area contributed by atoms with Crippen LogP contribution in [0.2, 0.25) is 0 Å². The number of fused-ring (bicyclic) bond motifs is 6. The lowest BCUT2D eigenvalue weighted by Crippen LogP contribution is -2.28.